The molecular weight excluding hydrogens is 396 g/mol. The van der Waals surface area contributed by atoms with Crippen molar-refractivity contribution in [2.45, 2.75) is 5.75 Å². The quantitative estimate of drug-likeness (QED) is 0.432. The van der Waals surface area contributed by atoms with Gasteiger partial charge in [0.2, 0.25) is 0 Å². The number of amidine groups is 1. The van der Waals surface area contributed by atoms with E-state index < -0.39 is 0 Å². The third-order valence-corrected chi connectivity index (χ3v) is 5.12. The maximum absolute atomic E-state index is 12.1. The van der Waals surface area contributed by atoms with Gasteiger partial charge < -0.3 is 10.3 Å². The number of carbonyl (C=O) groups is 1. The summed E-state index contributed by atoms with van der Waals surface area (Å²) in [6.07, 6.45) is 3.57. The zero-order valence-electron chi connectivity index (χ0n) is 12.6. The van der Waals surface area contributed by atoms with Crippen LogP contribution in [0, 0.1) is 0 Å². The van der Waals surface area contributed by atoms with Gasteiger partial charge in [0.15, 0.2) is 5.17 Å². The molecule has 2 N–H and O–H groups in total. The van der Waals surface area contributed by atoms with Crippen LogP contribution in [0.3, 0.4) is 0 Å². The number of benzene rings is 1. The molecule has 0 bridgehead atoms. The third kappa shape index (κ3) is 6.04. The van der Waals surface area contributed by atoms with Gasteiger partial charge in [0, 0.05) is 17.1 Å². The van der Waals surface area contributed by atoms with Crippen LogP contribution in [0.1, 0.15) is 16.1 Å². The molecule has 122 valence electrons. The lowest BCUT2D eigenvalue weighted by Gasteiger charge is -2.06. The van der Waals surface area contributed by atoms with Crippen molar-refractivity contribution < 1.29 is 4.79 Å². The van der Waals surface area contributed by atoms with Crippen LogP contribution in [0.15, 0.2) is 46.3 Å². The number of thioether (sulfide) groups is 2. The first-order valence-corrected chi connectivity index (χ1v) is 10.1. The number of rotatable bonds is 6. The smallest absolute Gasteiger partial charge is 0.257 e. The average molecular weight is 413 g/mol. The molecular formula is C15H17BrN4OS2. The highest BCUT2D eigenvalue weighted by Gasteiger charge is 2.07. The second-order valence-corrected chi connectivity index (χ2v) is 7.09. The van der Waals surface area contributed by atoms with Crippen LogP contribution in [0.5, 0.6) is 0 Å². The summed E-state index contributed by atoms with van der Waals surface area (Å²) in [5, 5.41) is 3.48. The predicted octanol–water partition coefficient (Wildman–Crippen LogP) is 3.55. The van der Waals surface area contributed by atoms with Crippen molar-refractivity contribution in [3.05, 3.63) is 52.5 Å². The Morgan fingerprint density at radius 1 is 1.39 bits per heavy atom. The molecule has 2 rings (SSSR count). The van der Waals surface area contributed by atoms with E-state index in [1.807, 2.05) is 24.5 Å². The Balaban J connectivity index is 1.75. The number of hydrogen-bond acceptors (Lipinski definition) is 5. The highest BCUT2D eigenvalue weighted by Crippen LogP contribution is 2.17. The van der Waals surface area contributed by atoms with Crippen molar-refractivity contribution in [2.24, 2.45) is 4.99 Å². The number of halogens is 1. The number of carbonyl (C=O) groups excluding carboxylic acids is 1. The molecule has 0 aliphatic carbocycles. The van der Waals surface area contributed by atoms with Gasteiger partial charge in [-0.25, -0.2) is 4.98 Å². The van der Waals surface area contributed by atoms with E-state index in [4.69, 9.17) is 0 Å². The number of H-pyrrole nitrogens is 1. The van der Waals surface area contributed by atoms with E-state index in [2.05, 4.69) is 36.2 Å². The SMILES string of the molecule is CSC(=NCCSCc1[nH]cnc1Br)NC(=O)c1ccccc1. The van der Waals surface area contributed by atoms with Crippen LogP contribution in [0.25, 0.3) is 0 Å². The molecule has 2 aromatic rings. The van der Waals surface area contributed by atoms with Gasteiger partial charge in [-0.2, -0.15) is 11.8 Å². The van der Waals surface area contributed by atoms with Gasteiger partial charge in [0.1, 0.15) is 4.60 Å². The van der Waals surface area contributed by atoms with Crippen molar-refractivity contribution in [2.75, 3.05) is 18.6 Å². The number of aliphatic imine (C=N–C) groups is 1. The molecule has 0 radical (unpaired) electrons. The number of hydrogen-bond donors (Lipinski definition) is 2. The summed E-state index contributed by atoms with van der Waals surface area (Å²) in [6.45, 7) is 0.654. The predicted molar refractivity (Wildman–Crippen MR) is 102 cm³/mol. The molecule has 1 amide bonds. The Bertz CT molecular complexity index is 661. The largest absolute Gasteiger partial charge is 0.347 e. The molecule has 0 spiro atoms. The van der Waals surface area contributed by atoms with Crippen molar-refractivity contribution >= 4 is 50.5 Å². The van der Waals surface area contributed by atoms with Crippen LogP contribution >= 0.6 is 39.5 Å². The molecule has 0 saturated carbocycles. The number of aromatic amines is 1. The number of amides is 1. The summed E-state index contributed by atoms with van der Waals surface area (Å²) in [5.74, 6) is 1.59. The van der Waals surface area contributed by atoms with Crippen LogP contribution in [-0.4, -0.2) is 39.6 Å². The van der Waals surface area contributed by atoms with E-state index in [0.29, 0.717) is 17.3 Å². The van der Waals surface area contributed by atoms with Gasteiger partial charge in [-0.3, -0.25) is 9.79 Å². The summed E-state index contributed by atoms with van der Waals surface area (Å²) in [4.78, 5) is 23.7. The first-order valence-electron chi connectivity index (χ1n) is 6.91. The van der Waals surface area contributed by atoms with Crippen molar-refractivity contribution in [3.8, 4) is 0 Å². The maximum atomic E-state index is 12.1. The molecule has 23 heavy (non-hydrogen) atoms. The number of imidazole rings is 1. The number of nitrogens with zero attached hydrogens (tertiary/aromatic N) is 2. The molecule has 0 aliphatic rings. The first-order chi connectivity index (χ1) is 11.2. The molecule has 1 aromatic heterocycles. The number of nitrogens with one attached hydrogen (secondary N) is 2. The normalized spacial score (nSPS) is 11.5. The molecule has 0 aliphatic heterocycles. The second-order valence-electron chi connectivity index (χ2n) is 4.44. The lowest BCUT2D eigenvalue weighted by molar-refractivity contribution is 0.0978. The lowest BCUT2D eigenvalue weighted by atomic mass is 10.2. The molecule has 1 heterocycles. The fraction of sp³-hybridized carbons (Fsp3) is 0.267. The Labute approximate surface area is 152 Å². The molecule has 0 unspecified atom stereocenters. The van der Waals surface area contributed by atoms with Gasteiger partial charge >= 0.3 is 0 Å². The third-order valence-electron chi connectivity index (χ3n) is 2.85. The van der Waals surface area contributed by atoms with Gasteiger partial charge in [0.25, 0.3) is 5.91 Å². The minimum absolute atomic E-state index is 0.132. The summed E-state index contributed by atoms with van der Waals surface area (Å²) >= 11 is 6.58. The van der Waals surface area contributed by atoms with Gasteiger partial charge in [-0.05, 0) is 34.3 Å². The fourth-order valence-electron chi connectivity index (χ4n) is 1.71. The Morgan fingerprint density at radius 2 is 2.17 bits per heavy atom. The van der Waals surface area contributed by atoms with Crippen LogP contribution in [0.4, 0.5) is 0 Å². The van der Waals surface area contributed by atoms with Gasteiger partial charge in [-0.15, -0.1) is 0 Å². The zero-order chi connectivity index (χ0) is 16.5. The number of aromatic nitrogens is 2. The Kier molecular flexibility index (Phi) is 7.70. The van der Waals surface area contributed by atoms with E-state index >= 15 is 0 Å². The van der Waals surface area contributed by atoms with Crippen molar-refractivity contribution in [1.29, 1.82) is 0 Å². The van der Waals surface area contributed by atoms with E-state index in [0.717, 1.165) is 21.8 Å². The van der Waals surface area contributed by atoms with E-state index in [-0.39, 0.29) is 5.91 Å². The topological polar surface area (TPSA) is 70.1 Å². The average Bonchev–Trinajstić information content (AvgIpc) is 2.99. The summed E-state index contributed by atoms with van der Waals surface area (Å²) < 4.78 is 0.855. The molecule has 0 atom stereocenters. The minimum atomic E-state index is -0.132. The Hall–Kier alpha value is -1.25. The van der Waals surface area contributed by atoms with E-state index in [1.54, 1.807) is 30.2 Å². The van der Waals surface area contributed by atoms with Gasteiger partial charge in [0.05, 0.1) is 18.6 Å². The molecule has 0 saturated heterocycles. The van der Waals surface area contributed by atoms with Crippen molar-refractivity contribution in [1.82, 2.24) is 15.3 Å². The maximum Gasteiger partial charge on any atom is 0.257 e. The second kappa shape index (κ2) is 9.79. The summed E-state index contributed by atoms with van der Waals surface area (Å²) in [6, 6.07) is 9.14. The molecule has 8 heteroatoms. The Morgan fingerprint density at radius 3 is 2.83 bits per heavy atom. The zero-order valence-corrected chi connectivity index (χ0v) is 15.8. The highest BCUT2D eigenvalue weighted by molar-refractivity contribution is 9.10. The fourth-order valence-corrected chi connectivity index (χ4v) is 3.45. The van der Waals surface area contributed by atoms with Crippen LogP contribution in [-0.2, 0) is 5.75 Å². The van der Waals surface area contributed by atoms with Gasteiger partial charge in [-0.1, -0.05) is 30.0 Å². The molecule has 0 fully saturated rings. The lowest BCUT2D eigenvalue weighted by Crippen LogP contribution is -2.28. The molecule has 1 aromatic carbocycles. The summed E-state index contributed by atoms with van der Waals surface area (Å²) in [5.41, 5.74) is 1.70. The van der Waals surface area contributed by atoms with E-state index in [9.17, 15) is 4.79 Å². The van der Waals surface area contributed by atoms with E-state index in [1.165, 1.54) is 11.8 Å². The monoisotopic (exact) mass is 412 g/mol. The van der Waals surface area contributed by atoms with Crippen molar-refractivity contribution in [3.63, 3.8) is 0 Å². The first kappa shape index (κ1) is 18.1. The summed E-state index contributed by atoms with van der Waals surface area (Å²) in [7, 11) is 0. The van der Waals surface area contributed by atoms with Crippen LogP contribution < -0.4 is 5.32 Å². The standard InChI is InChI=1S/C15H17BrN4OS2/c1-22-15(20-14(21)11-5-3-2-4-6-11)17-7-8-23-9-12-13(16)19-10-18-12/h2-6,10H,7-9H2,1H3,(H,18,19)(H,17,20,21). The minimum Gasteiger partial charge on any atom is -0.347 e. The van der Waals surface area contributed by atoms with Crippen LogP contribution in [0.2, 0.25) is 0 Å². The molecule has 5 nitrogen and oxygen atoms in total. The highest BCUT2D eigenvalue weighted by atomic mass is 79.9.